The predicted molar refractivity (Wildman–Crippen MR) is 135 cm³/mol. The van der Waals surface area contributed by atoms with Crippen molar-refractivity contribution >= 4 is 56.4 Å². The lowest BCUT2D eigenvalue weighted by molar-refractivity contribution is -0.0360. The lowest BCUT2D eigenvalue weighted by Gasteiger charge is -2.23. The number of aromatic nitrogens is 9. The van der Waals surface area contributed by atoms with Crippen molar-refractivity contribution in [1.82, 2.24) is 44.5 Å². The number of nitrogens with zero attached hydrogens (tertiary/aromatic N) is 8. The highest BCUT2D eigenvalue weighted by Crippen LogP contribution is 2.57. The first-order chi connectivity index (χ1) is 18.7. The molecule has 0 radical (unpaired) electrons. The summed E-state index contributed by atoms with van der Waals surface area (Å²) in [6, 6.07) is 0. The van der Waals surface area contributed by atoms with E-state index in [0.29, 0.717) is 17.0 Å². The number of H-pyrrole nitrogens is 1. The number of hydrogen-bond acceptors (Lipinski definition) is 14. The minimum absolute atomic E-state index is 0.126. The number of imidazole rings is 1. The van der Waals surface area contributed by atoms with Crippen LogP contribution in [0.1, 0.15) is 12.1 Å². The highest BCUT2D eigenvalue weighted by Gasteiger charge is 2.52. The second-order valence-corrected chi connectivity index (χ2v) is 11.8. The molecule has 0 aromatic carbocycles. The molecule has 0 spiro atoms. The Labute approximate surface area is 223 Å². The van der Waals surface area contributed by atoms with Crippen LogP contribution in [-0.2, 0) is 40.5 Å². The van der Waals surface area contributed by atoms with Gasteiger partial charge in [0, 0.05) is 6.54 Å². The maximum absolute atomic E-state index is 15.8. The number of fused-ring (bicyclic) bond motifs is 6. The maximum Gasteiger partial charge on any atom is 0.387 e. The van der Waals surface area contributed by atoms with E-state index in [0.717, 1.165) is 4.68 Å². The second-order valence-electron chi connectivity index (χ2n) is 8.27. The van der Waals surface area contributed by atoms with E-state index in [-0.39, 0.29) is 42.6 Å². The molecule has 2 unspecified atom stereocenters. The van der Waals surface area contributed by atoms with Crippen LogP contribution in [0.3, 0.4) is 0 Å². The minimum Gasteiger partial charge on any atom is -0.452 e. The fraction of sp³-hybridized carbons (Fsp3) is 0.389. The topological polar surface area (TPSA) is 209 Å². The molecule has 6 atom stereocenters. The predicted octanol–water partition coefficient (Wildman–Crippen LogP) is 1.18. The van der Waals surface area contributed by atoms with Crippen LogP contribution in [0.2, 0.25) is 0 Å². The second kappa shape index (κ2) is 10.2. The molecule has 2 aliphatic heterocycles. The van der Waals surface area contributed by atoms with Gasteiger partial charge < -0.3 is 24.1 Å². The van der Waals surface area contributed by atoms with Crippen LogP contribution in [0.4, 0.5) is 10.3 Å². The first kappa shape index (κ1) is 26.2. The molecule has 3 N–H and O–H groups in total. The van der Waals surface area contributed by atoms with Gasteiger partial charge in [-0.1, -0.05) is 24.0 Å². The molecular formula is C18H19FN10O7P2S. The van der Waals surface area contributed by atoms with Crippen molar-refractivity contribution in [3.8, 4) is 0 Å². The number of ether oxygens (including phenoxy) is 1. The molecule has 6 heterocycles. The van der Waals surface area contributed by atoms with Crippen LogP contribution in [-0.4, -0.2) is 69.5 Å². The van der Waals surface area contributed by atoms with Crippen molar-refractivity contribution < 1.29 is 31.8 Å². The van der Waals surface area contributed by atoms with Gasteiger partial charge in [0.1, 0.15) is 36.1 Å². The normalized spacial score (nSPS) is 29.2. The third-order valence-electron chi connectivity index (χ3n) is 5.83. The van der Waals surface area contributed by atoms with Gasteiger partial charge in [-0.15, -0.1) is 5.10 Å². The summed E-state index contributed by atoms with van der Waals surface area (Å²) >= 11 is 4.05. The Bertz CT molecular complexity index is 1680. The van der Waals surface area contributed by atoms with E-state index in [1.54, 1.807) is 4.57 Å². The Morgan fingerprint density at radius 1 is 1.33 bits per heavy atom. The van der Waals surface area contributed by atoms with Gasteiger partial charge in [-0.25, -0.2) is 23.9 Å². The standard InChI is InChI=1S/C18H19FN10O7P2S/c1-7-12-10(19)13(17(34-12)29-15-11(26-27-29)16(30)25-18(20)24-15)36-38(31,39)33-5-9-23-8-4-21-6-22-14(8)28(9)2-3-32-37-35-7/h4,6,10,12-13,17,37H,1-3,5H2,(H,31,39)(H3,20,24,25,30)/t10-,12-,13-,17-,38?/m1/s1. The van der Waals surface area contributed by atoms with Crippen LogP contribution >= 0.6 is 28.1 Å². The van der Waals surface area contributed by atoms with E-state index in [9.17, 15) is 9.36 Å². The molecule has 2 bridgehead atoms. The smallest absolute Gasteiger partial charge is 0.387 e. The highest BCUT2D eigenvalue weighted by molar-refractivity contribution is 8.44. The fourth-order valence-electron chi connectivity index (χ4n) is 4.13. The van der Waals surface area contributed by atoms with E-state index in [1.807, 2.05) is 0 Å². The Morgan fingerprint density at radius 3 is 3.03 bits per heavy atom. The van der Waals surface area contributed by atoms with Crippen molar-refractivity contribution in [2.75, 3.05) is 12.3 Å². The van der Waals surface area contributed by atoms with E-state index in [4.69, 9.17) is 28.6 Å². The maximum atomic E-state index is 15.8. The average Bonchev–Trinajstić information content (AvgIpc) is 3.56. The van der Waals surface area contributed by atoms with E-state index in [2.05, 4.69) is 54.1 Å². The van der Waals surface area contributed by atoms with Crippen LogP contribution in [0.5, 0.6) is 0 Å². The minimum atomic E-state index is -4.28. The molecule has 4 aromatic rings. The summed E-state index contributed by atoms with van der Waals surface area (Å²) in [5.74, 6) is -0.0419. The summed E-state index contributed by atoms with van der Waals surface area (Å²) in [6.07, 6.45) is -3.65. The number of anilines is 1. The van der Waals surface area contributed by atoms with Gasteiger partial charge in [0.15, 0.2) is 35.3 Å². The van der Waals surface area contributed by atoms with Crippen LogP contribution < -0.4 is 11.3 Å². The first-order valence-electron chi connectivity index (χ1n) is 11.2. The van der Waals surface area contributed by atoms with E-state index >= 15 is 4.39 Å². The zero-order chi connectivity index (χ0) is 27.3. The molecule has 0 amide bonds. The van der Waals surface area contributed by atoms with Crippen LogP contribution in [0.25, 0.3) is 22.3 Å². The average molecular weight is 600 g/mol. The first-order valence-corrected chi connectivity index (χ1v) is 14.7. The van der Waals surface area contributed by atoms with E-state index < -0.39 is 46.0 Å². The number of nitrogen functional groups attached to an aromatic ring is 1. The number of nitrogens with two attached hydrogens (primary N) is 1. The SMILES string of the molecule is C=C1OPOCCn2c(nc3cncnc32)COP(=O)(S)O[C@@H]2[C@H](F)[C@@H]1O[C@H]2n1nnc2c(=O)[nH]c(N)nc21. The van der Waals surface area contributed by atoms with Crippen molar-refractivity contribution in [3.05, 3.63) is 41.0 Å². The van der Waals surface area contributed by atoms with Gasteiger partial charge in [0.25, 0.3) is 5.56 Å². The largest absolute Gasteiger partial charge is 0.452 e. The van der Waals surface area contributed by atoms with Gasteiger partial charge >= 0.3 is 6.80 Å². The van der Waals surface area contributed by atoms with Crippen LogP contribution in [0.15, 0.2) is 29.7 Å². The third kappa shape index (κ3) is 4.91. The molecule has 206 valence electrons. The molecule has 2 aliphatic rings. The number of nitrogens with one attached hydrogen (secondary N) is 1. The van der Waals surface area contributed by atoms with Gasteiger partial charge in [0.05, 0.1) is 12.8 Å². The number of aromatic amines is 1. The number of halogens is 1. The Hall–Kier alpha value is -3.05. The van der Waals surface area contributed by atoms with Crippen molar-refractivity contribution in [2.24, 2.45) is 0 Å². The molecule has 0 saturated carbocycles. The van der Waals surface area contributed by atoms with Gasteiger partial charge in [-0.3, -0.25) is 18.8 Å². The molecule has 1 fully saturated rings. The van der Waals surface area contributed by atoms with Crippen molar-refractivity contribution in [2.45, 2.75) is 37.8 Å². The quantitative estimate of drug-likeness (QED) is 0.207. The van der Waals surface area contributed by atoms with Gasteiger partial charge in [-0.05, 0) is 0 Å². The summed E-state index contributed by atoms with van der Waals surface area (Å²) in [7, 11) is -0.556. The van der Waals surface area contributed by atoms with Crippen molar-refractivity contribution in [3.63, 3.8) is 0 Å². The lowest BCUT2D eigenvalue weighted by Crippen LogP contribution is -2.31. The summed E-state index contributed by atoms with van der Waals surface area (Å²) in [5, 5.41) is 7.64. The summed E-state index contributed by atoms with van der Waals surface area (Å²) in [4.78, 5) is 31.1. The molecule has 4 aromatic heterocycles. The Morgan fingerprint density at radius 2 is 2.18 bits per heavy atom. The lowest BCUT2D eigenvalue weighted by atomic mass is 10.1. The van der Waals surface area contributed by atoms with Gasteiger partial charge in [-0.2, -0.15) is 9.67 Å². The highest BCUT2D eigenvalue weighted by atomic mass is 32.7. The van der Waals surface area contributed by atoms with Crippen molar-refractivity contribution in [1.29, 1.82) is 0 Å². The summed E-state index contributed by atoms with van der Waals surface area (Å²) in [6.45, 7) is -0.429. The number of alkyl halides is 1. The zero-order valence-electron chi connectivity index (χ0n) is 19.6. The van der Waals surface area contributed by atoms with Crippen LogP contribution in [0, 0.1) is 0 Å². The molecule has 6 rings (SSSR count). The van der Waals surface area contributed by atoms with Gasteiger partial charge in [0.2, 0.25) is 15.0 Å². The third-order valence-corrected chi connectivity index (χ3v) is 8.09. The summed E-state index contributed by atoms with van der Waals surface area (Å²) in [5.41, 5.74) is 5.64. The number of rotatable bonds is 1. The molecule has 1 saturated heterocycles. The fourth-order valence-corrected chi connectivity index (χ4v) is 5.96. The molecule has 39 heavy (non-hydrogen) atoms. The Balaban J connectivity index is 1.37. The zero-order valence-corrected chi connectivity index (χ0v) is 22.4. The number of thiol groups is 1. The summed E-state index contributed by atoms with van der Waals surface area (Å²) < 4.78 is 59.8. The molecular weight excluding hydrogens is 581 g/mol. The monoisotopic (exact) mass is 600 g/mol. The van der Waals surface area contributed by atoms with E-state index in [1.165, 1.54) is 12.5 Å². The molecule has 0 aliphatic carbocycles. The molecule has 21 heteroatoms. The molecule has 17 nitrogen and oxygen atoms in total. The number of hydrogen-bond donors (Lipinski definition) is 3. The Kier molecular flexibility index (Phi) is 6.83.